The second kappa shape index (κ2) is 6.24. The fourth-order valence-corrected chi connectivity index (χ4v) is 1.85. The van der Waals surface area contributed by atoms with Gasteiger partial charge in [-0.1, -0.05) is 6.07 Å². The summed E-state index contributed by atoms with van der Waals surface area (Å²) in [4.78, 5) is 0. The predicted molar refractivity (Wildman–Crippen MR) is 73.0 cm³/mol. The van der Waals surface area contributed by atoms with Crippen LogP contribution in [0.4, 0.5) is 0 Å². The molecule has 19 heavy (non-hydrogen) atoms. The van der Waals surface area contributed by atoms with E-state index in [1.165, 1.54) is 0 Å². The fraction of sp³-hybridized carbons (Fsp3) is 0.357. The Morgan fingerprint density at radius 1 is 1.32 bits per heavy atom. The molecule has 0 radical (unpaired) electrons. The van der Waals surface area contributed by atoms with Gasteiger partial charge in [0, 0.05) is 31.9 Å². The first-order valence-electron chi connectivity index (χ1n) is 6.32. The minimum absolute atomic E-state index is 0.179. The lowest BCUT2D eigenvalue weighted by Gasteiger charge is -2.09. The SMILES string of the molecule is CCOc1cc(CNCc2cnn(C)c2)ccc1O. The predicted octanol–water partition coefficient (Wildman–Crippen LogP) is 1.81. The monoisotopic (exact) mass is 261 g/mol. The first-order valence-corrected chi connectivity index (χ1v) is 6.32. The lowest BCUT2D eigenvalue weighted by atomic mass is 10.2. The minimum atomic E-state index is 0.179. The molecule has 0 bridgehead atoms. The third kappa shape index (κ3) is 3.72. The Morgan fingerprint density at radius 2 is 2.11 bits per heavy atom. The summed E-state index contributed by atoms with van der Waals surface area (Å²) in [5.41, 5.74) is 2.22. The Hall–Kier alpha value is -2.01. The molecule has 2 N–H and O–H groups in total. The average Bonchev–Trinajstić information content (AvgIpc) is 2.79. The van der Waals surface area contributed by atoms with Crippen LogP contribution in [0, 0.1) is 0 Å². The zero-order chi connectivity index (χ0) is 13.7. The van der Waals surface area contributed by atoms with Gasteiger partial charge < -0.3 is 15.2 Å². The molecule has 2 aromatic rings. The van der Waals surface area contributed by atoms with Gasteiger partial charge in [0.2, 0.25) is 0 Å². The largest absolute Gasteiger partial charge is 0.504 e. The standard InChI is InChI=1S/C14H19N3O2/c1-3-19-14-6-11(4-5-13(14)18)7-15-8-12-9-16-17(2)10-12/h4-6,9-10,15,18H,3,7-8H2,1-2H3. The van der Waals surface area contributed by atoms with E-state index in [0.717, 1.165) is 24.2 Å². The van der Waals surface area contributed by atoms with Crippen LogP contribution in [0.15, 0.2) is 30.6 Å². The number of aryl methyl sites for hydroxylation is 1. The van der Waals surface area contributed by atoms with Gasteiger partial charge in [0.25, 0.3) is 0 Å². The molecule has 0 fully saturated rings. The Kier molecular flexibility index (Phi) is 4.41. The average molecular weight is 261 g/mol. The van der Waals surface area contributed by atoms with Crippen molar-refractivity contribution in [2.45, 2.75) is 20.0 Å². The summed E-state index contributed by atoms with van der Waals surface area (Å²) in [6, 6.07) is 5.40. The van der Waals surface area contributed by atoms with Crippen molar-refractivity contribution in [3.63, 3.8) is 0 Å². The van der Waals surface area contributed by atoms with Crippen molar-refractivity contribution >= 4 is 0 Å². The molecular formula is C14H19N3O2. The molecule has 5 heteroatoms. The van der Waals surface area contributed by atoms with Crippen LogP contribution in [-0.2, 0) is 20.1 Å². The number of phenolic OH excluding ortho intramolecular Hbond substituents is 1. The maximum atomic E-state index is 9.62. The quantitative estimate of drug-likeness (QED) is 0.832. The summed E-state index contributed by atoms with van der Waals surface area (Å²) < 4.78 is 7.14. The minimum Gasteiger partial charge on any atom is -0.504 e. The number of hydrogen-bond acceptors (Lipinski definition) is 4. The van der Waals surface area contributed by atoms with E-state index in [2.05, 4.69) is 10.4 Å². The molecule has 0 aliphatic rings. The number of ether oxygens (including phenoxy) is 1. The van der Waals surface area contributed by atoms with E-state index in [9.17, 15) is 5.11 Å². The van der Waals surface area contributed by atoms with Crippen molar-refractivity contribution in [2.75, 3.05) is 6.61 Å². The van der Waals surface area contributed by atoms with Crippen molar-refractivity contribution in [1.82, 2.24) is 15.1 Å². The van der Waals surface area contributed by atoms with Gasteiger partial charge in [-0.2, -0.15) is 5.10 Å². The van der Waals surface area contributed by atoms with E-state index in [0.29, 0.717) is 12.4 Å². The van der Waals surface area contributed by atoms with Gasteiger partial charge in [-0.15, -0.1) is 0 Å². The zero-order valence-corrected chi connectivity index (χ0v) is 11.3. The number of rotatable bonds is 6. The summed E-state index contributed by atoms with van der Waals surface area (Å²) in [5, 5.41) is 17.1. The maximum absolute atomic E-state index is 9.62. The molecule has 0 atom stereocenters. The summed E-state index contributed by atoms with van der Waals surface area (Å²) in [7, 11) is 1.90. The van der Waals surface area contributed by atoms with Crippen LogP contribution in [0.2, 0.25) is 0 Å². The highest BCUT2D eigenvalue weighted by Gasteiger charge is 2.03. The van der Waals surface area contributed by atoms with Gasteiger partial charge in [-0.3, -0.25) is 4.68 Å². The molecule has 1 heterocycles. The van der Waals surface area contributed by atoms with E-state index in [4.69, 9.17) is 4.74 Å². The van der Waals surface area contributed by atoms with Gasteiger partial charge in [-0.25, -0.2) is 0 Å². The molecule has 0 spiro atoms. The molecule has 0 saturated carbocycles. The smallest absolute Gasteiger partial charge is 0.161 e. The lowest BCUT2D eigenvalue weighted by Crippen LogP contribution is -2.12. The van der Waals surface area contributed by atoms with Crippen molar-refractivity contribution in [3.05, 3.63) is 41.7 Å². The van der Waals surface area contributed by atoms with E-state index in [-0.39, 0.29) is 5.75 Å². The second-order valence-corrected chi connectivity index (χ2v) is 4.36. The molecular weight excluding hydrogens is 242 g/mol. The molecule has 0 unspecified atom stereocenters. The van der Waals surface area contributed by atoms with Crippen LogP contribution < -0.4 is 10.1 Å². The fourth-order valence-electron chi connectivity index (χ4n) is 1.85. The van der Waals surface area contributed by atoms with Crippen LogP contribution in [0.1, 0.15) is 18.1 Å². The molecule has 2 rings (SSSR count). The van der Waals surface area contributed by atoms with Gasteiger partial charge in [0.15, 0.2) is 11.5 Å². The summed E-state index contributed by atoms with van der Waals surface area (Å²) >= 11 is 0. The first-order chi connectivity index (χ1) is 9.19. The lowest BCUT2D eigenvalue weighted by molar-refractivity contribution is 0.317. The van der Waals surface area contributed by atoms with Crippen molar-refractivity contribution in [1.29, 1.82) is 0 Å². The second-order valence-electron chi connectivity index (χ2n) is 4.36. The van der Waals surface area contributed by atoms with Crippen molar-refractivity contribution < 1.29 is 9.84 Å². The number of nitrogens with one attached hydrogen (secondary N) is 1. The number of phenols is 1. The van der Waals surface area contributed by atoms with Crippen LogP contribution in [-0.4, -0.2) is 21.5 Å². The van der Waals surface area contributed by atoms with Crippen LogP contribution in [0.25, 0.3) is 0 Å². The number of benzene rings is 1. The summed E-state index contributed by atoms with van der Waals surface area (Å²) in [5.74, 6) is 0.709. The molecule has 0 saturated heterocycles. The number of hydrogen-bond donors (Lipinski definition) is 2. The number of nitrogens with zero attached hydrogens (tertiary/aromatic N) is 2. The van der Waals surface area contributed by atoms with E-state index in [1.54, 1.807) is 10.7 Å². The van der Waals surface area contributed by atoms with Crippen LogP contribution in [0.3, 0.4) is 0 Å². The van der Waals surface area contributed by atoms with Gasteiger partial charge in [0.05, 0.1) is 12.8 Å². The maximum Gasteiger partial charge on any atom is 0.161 e. The highest BCUT2D eigenvalue weighted by molar-refractivity contribution is 5.41. The van der Waals surface area contributed by atoms with Crippen LogP contribution in [0.5, 0.6) is 11.5 Å². The summed E-state index contributed by atoms with van der Waals surface area (Å²) in [6.45, 7) is 3.92. The van der Waals surface area contributed by atoms with E-state index >= 15 is 0 Å². The third-order valence-corrected chi connectivity index (χ3v) is 2.74. The summed E-state index contributed by atoms with van der Waals surface area (Å²) in [6.07, 6.45) is 3.82. The molecule has 102 valence electrons. The molecule has 0 aliphatic carbocycles. The Labute approximate surface area is 112 Å². The van der Waals surface area contributed by atoms with Crippen LogP contribution >= 0.6 is 0 Å². The third-order valence-electron chi connectivity index (χ3n) is 2.74. The molecule has 0 aliphatic heterocycles. The van der Waals surface area contributed by atoms with E-state index in [1.807, 2.05) is 38.5 Å². The number of aromatic hydroxyl groups is 1. The molecule has 1 aromatic carbocycles. The van der Waals surface area contributed by atoms with Gasteiger partial charge in [0.1, 0.15) is 0 Å². The van der Waals surface area contributed by atoms with Gasteiger partial charge >= 0.3 is 0 Å². The van der Waals surface area contributed by atoms with Crippen molar-refractivity contribution in [3.8, 4) is 11.5 Å². The zero-order valence-electron chi connectivity index (χ0n) is 11.3. The normalized spacial score (nSPS) is 10.6. The molecule has 1 aromatic heterocycles. The molecule has 5 nitrogen and oxygen atoms in total. The Morgan fingerprint density at radius 3 is 2.79 bits per heavy atom. The van der Waals surface area contributed by atoms with Gasteiger partial charge in [-0.05, 0) is 24.6 Å². The topological polar surface area (TPSA) is 59.3 Å². The molecule has 0 amide bonds. The van der Waals surface area contributed by atoms with Crippen molar-refractivity contribution in [2.24, 2.45) is 7.05 Å². The van der Waals surface area contributed by atoms with E-state index < -0.39 is 0 Å². The number of aromatic nitrogens is 2. The highest BCUT2D eigenvalue weighted by atomic mass is 16.5. The highest BCUT2D eigenvalue weighted by Crippen LogP contribution is 2.26. The Bertz CT molecular complexity index is 537. The first kappa shape index (κ1) is 13.4. The Balaban J connectivity index is 1.90.